The van der Waals surface area contributed by atoms with E-state index in [1.54, 1.807) is 13.2 Å². The zero-order valence-electron chi connectivity index (χ0n) is 33.2. The summed E-state index contributed by atoms with van der Waals surface area (Å²) in [7, 11) is -0.645. The van der Waals surface area contributed by atoms with E-state index in [0.29, 0.717) is 42.8 Å². The van der Waals surface area contributed by atoms with Crippen molar-refractivity contribution in [3.05, 3.63) is 70.3 Å². The lowest BCUT2D eigenvalue weighted by atomic mass is 9.63. The largest absolute Gasteiger partial charge is 0.490 e. The number of aryl methyl sites for hydroxylation is 1. The lowest BCUT2D eigenvalue weighted by Crippen LogP contribution is -2.61. The molecule has 0 radical (unpaired) electrons. The molecule has 1 amide bonds. The van der Waals surface area contributed by atoms with Crippen LogP contribution in [0.2, 0.25) is 5.02 Å². The Morgan fingerprint density at radius 3 is 2.59 bits per heavy atom. The molecule has 2 bridgehead atoms. The van der Waals surface area contributed by atoms with E-state index in [0.717, 1.165) is 95.3 Å². The first-order valence-electron chi connectivity index (χ1n) is 20.7. The maximum absolute atomic E-state index is 14.1. The lowest BCUT2D eigenvalue weighted by molar-refractivity contribution is -0.107. The van der Waals surface area contributed by atoms with E-state index in [1.165, 1.54) is 11.1 Å². The Balaban J connectivity index is 1.18. The van der Waals surface area contributed by atoms with Gasteiger partial charge in [0.1, 0.15) is 11.4 Å². The minimum Gasteiger partial charge on any atom is -0.490 e. The summed E-state index contributed by atoms with van der Waals surface area (Å²) in [6, 6.07) is 12.2. The molecule has 1 spiro atoms. The number of allylic oxidation sites excluding steroid dienone is 1. The number of fused-ring (bicyclic) bond motifs is 4. The van der Waals surface area contributed by atoms with Gasteiger partial charge in [0, 0.05) is 82.6 Å². The predicted molar refractivity (Wildman–Crippen MR) is 218 cm³/mol. The predicted octanol–water partition coefficient (Wildman–Crippen LogP) is 5.30. The third-order valence-corrected chi connectivity index (χ3v) is 16.2. The number of amides is 1. The van der Waals surface area contributed by atoms with Crippen molar-refractivity contribution in [3.8, 4) is 5.75 Å². The Bertz CT molecular complexity index is 1880. The SMILES string of the molecule is COCC[C@@H]1[C@@H](C)C/C=C/[C@](CN2CCN(C3COC3)CC2)(OC)[C@@H]2CC[C@H]2CN2C[C@@]3(CCCc4cc(Cl)ccc43)COc3ccc(cc32)C(=O)NS1(=O)=O. The molecule has 13 heteroatoms. The number of carbonyl (C=O) groups is 1. The van der Waals surface area contributed by atoms with Gasteiger partial charge in [0.25, 0.3) is 5.91 Å². The van der Waals surface area contributed by atoms with Crippen molar-refractivity contribution < 1.29 is 32.2 Å². The number of nitrogens with zero attached hydrogens (tertiary/aromatic N) is 3. The number of ether oxygens (including phenoxy) is 4. The van der Waals surface area contributed by atoms with Crippen LogP contribution < -0.4 is 14.4 Å². The number of piperazine rings is 1. The average molecular weight is 811 g/mol. The topological polar surface area (TPSA) is 110 Å². The normalized spacial score (nSPS) is 33.2. The Hall–Kier alpha value is -2.71. The zero-order chi connectivity index (χ0) is 39.1. The van der Waals surface area contributed by atoms with Crippen molar-refractivity contribution in [2.24, 2.45) is 17.8 Å². The van der Waals surface area contributed by atoms with Crippen LogP contribution in [0.5, 0.6) is 5.75 Å². The number of sulfonamides is 1. The van der Waals surface area contributed by atoms with Gasteiger partial charge in [0.2, 0.25) is 10.0 Å². The van der Waals surface area contributed by atoms with E-state index >= 15 is 0 Å². The van der Waals surface area contributed by atoms with E-state index in [1.807, 2.05) is 32.2 Å². The first kappa shape index (κ1) is 40.1. The van der Waals surface area contributed by atoms with Crippen LogP contribution in [-0.4, -0.2) is 127 Å². The molecule has 6 atom stereocenters. The first-order chi connectivity index (χ1) is 27.0. The fourth-order valence-electron chi connectivity index (χ4n) is 10.5. The molecule has 1 saturated carbocycles. The highest BCUT2D eigenvalue weighted by Crippen LogP contribution is 2.49. The molecular weight excluding hydrogens is 752 g/mol. The molecule has 0 aromatic heterocycles. The van der Waals surface area contributed by atoms with Gasteiger partial charge in [-0.3, -0.25) is 14.6 Å². The van der Waals surface area contributed by atoms with E-state index in [-0.39, 0.29) is 30.3 Å². The van der Waals surface area contributed by atoms with Crippen LogP contribution in [0.25, 0.3) is 0 Å². The van der Waals surface area contributed by atoms with Crippen molar-refractivity contribution in [2.45, 2.75) is 74.2 Å². The number of hydrogen-bond acceptors (Lipinski definition) is 10. The number of halogens is 1. The second-order valence-electron chi connectivity index (χ2n) is 17.3. The number of benzene rings is 2. The molecule has 6 aliphatic rings. The van der Waals surface area contributed by atoms with Gasteiger partial charge < -0.3 is 23.8 Å². The molecule has 2 aromatic carbocycles. The summed E-state index contributed by atoms with van der Waals surface area (Å²) < 4.78 is 54.9. The summed E-state index contributed by atoms with van der Waals surface area (Å²) in [6.45, 7) is 10.6. The number of hydrogen-bond donors (Lipinski definition) is 1. The Morgan fingerprint density at radius 2 is 1.88 bits per heavy atom. The Labute approximate surface area is 338 Å². The van der Waals surface area contributed by atoms with E-state index in [2.05, 4.69) is 43.7 Å². The highest BCUT2D eigenvalue weighted by molar-refractivity contribution is 7.90. The molecule has 4 aliphatic heterocycles. The van der Waals surface area contributed by atoms with Gasteiger partial charge in [0.05, 0.1) is 36.8 Å². The molecule has 11 nitrogen and oxygen atoms in total. The summed E-state index contributed by atoms with van der Waals surface area (Å²) in [5.41, 5.74) is 2.82. The van der Waals surface area contributed by atoms with Gasteiger partial charge in [-0.25, -0.2) is 13.1 Å². The van der Waals surface area contributed by atoms with Gasteiger partial charge in [-0.15, -0.1) is 0 Å². The summed E-state index contributed by atoms with van der Waals surface area (Å²) in [4.78, 5) is 21.4. The fraction of sp³-hybridized carbons (Fsp3) is 0.651. The van der Waals surface area contributed by atoms with E-state index < -0.39 is 26.8 Å². The van der Waals surface area contributed by atoms with Gasteiger partial charge in [0.15, 0.2) is 0 Å². The maximum atomic E-state index is 14.1. The minimum absolute atomic E-state index is 0.241. The molecule has 2 saturated heterocycles. The standard InChI is InChI=1S/C43H59ClN4O7S/c1-30-6-4-16-43(53-3,28-46-17-19-47(20-18-46)35-25-54-26-35)37-11-8-33(37)24-48-27-42(15-5-7-31-22-34(44)10-12-36(31)42)29-55-39-13-9-32(23-38(39)48)41(49)45-56(50,51)40(30)14-21-52-2/h4,9-10,12-13,16,22-23,30,33,35,37,40H,5-8,11,14-15,17-21,24-29H2,1-3H3,(H,45,49)/b16-4+/t30-,33-,37+,40+,42-,43+/m0/s1. The second kappa shape index (κ2) is 16.5. The number of rotatable bonds is 7. The molecule has 8 rings (SSSR count). The van der Waals surface area contributed by atoms with Crippen LogP contribution in [0, 0.1) is 17.8 Å². The molecule has 2 aromatic rings. The highest BCUT2D eigenvalue weighted by atomic mass is 35.5. The molecule has 306 valence electrons. The second-order valence-corrected chi connectivity index (χ2v) is 19.6. The van der Waals surface area contributed by atoms with Gasteiger partial charge in [-0.05, 0) is 104 Å². The van der Waals surface area contributed by atoms with Crippen LogP contribution in [0.3, 0.4) is 0 Å². The van der Waals surface area contributed by atoms with Crippen molar-refractivity contribution in [2.75, 3.05) is 91.4 Å². The van der Waals surface area contributed by atoms with Gasteiger partial charge in [-0.2, -0.15) is 0 Å². The minimum atomic E-state index is -4.07. The number of anilines is 1. The van der Waals surface area contributed by atoms with Crippen LogP contribution in [0.1, 0.15) is 66.9 Å². The van der Waals surface area contributed by atoms with Crippen LogP contribution in [0.4, 0.5) is 5.69 Å². The molecule has 1 N–H and O–H groups in total. The molecule has 2 aliphatic carbocycles. The smallest absolute Gasteiger partial charge is 0.264 e. The molecular formula is C43H59ClN4O7S. The monoisotopic (exact) mass is 810 g/mol. The summed E-state index contributed by atoms with van der Waals surface area (Å²) in [6.07, 6.45) is 10.3. The van der Waals surface area contributed by atoms with Crippen molar-refractivity contribution in [3.63, 3.8) is 0 Å². The fourth-order valence-corrected chi connectivity index (χ4v) is 12.3. The third kappa shape index (κ3) is 7.88. The Morgan fingerprint density at radius 1 is 1.05 bits per heavy atom. The molecule has 3 fully saturated rings. The summed E-state index contributed by atoms with van der Waals surface area (Å²) in [5.74, 6) is 0.359. The van der Waals surface area contributed by atoms with E-state index in [9.17, 15) is 13.2 Å². The molecule has 4 heterocycles. The highest BCUT2D eigenvalue weighted by Gasteiger charge is 2.50. The van der Waals surface area contributed by atoms with Gasteiger partial charge >= 0.3 is 0 Å². The van der Waals surface area contributed by atoms with Crippen LogP contribution in [-0.2, 0) is 36.1 Å². The van der Waals surface area contributed by atoms with Gasteiger partial charge in [-0.1, -0.05) is 36.7 Å². The van der Waals surface area contributed by atoms with Crippen molar-refractivity contribution in [1.82, 2.24) is 14.5 Å². The number of methoxy groups -OCH3 is 2. The van der Waals surface area contributed by atoms with Crippen LogP contribution >= 0.6 is 11.6 Å². The summed E-state index contributed by atoms with van der Waals surface area (Å²) in [5, 5.41) is -0.0888. The van der Waals surface area contributed by atoms with Crippen molar-refractivity contribution >= 4 is 33.2 Å². The average Bonchev–Trinajstić information content (AvgIpc) is 3.29. The number of carbonyl (C=O) groups excluding carboxylic acids is 1. The quantitative estimate of drug-likeness (QED) is 0.371. The zero-order valence-corrected chi connectivity index (χ0v) is 34.8. The lowest BCUT2D eigenvalue weighted by Gasteiger charge is -2.52. The molecule has 56 heavy (non-hydrogen) atoms. The number of nitrogens with one attached hydrogen (secondary N) is 1. The first-order valence-corrected chi connectivity index (χ1v) is 22.6. The Kier molecular flexibility index (Phi) is 11.8. The molecule has 0 unspecified atom stereocenters. The maximum Gasteiger partial charge on any atom is 0.264 e. The van der Waals surface area contributed by atoms with Crippen molar-refractivity contribution in [1.29, 1.82) is 0 Å². The summed E-state index contributed by atoms with van der Waals surface area (Å²) >= 11 is 6.52. The van der Waals surface area contributed by atoms with E-state index in [4.69, 9.17) is 30.5 Å². The van der Waals surface area contributed by atoms with Crippen LogP contribution in [0.15, 0.2) is 48.6 Å². The third-order valence-electron chi connectivity index (χ3n) is 14.0.